The SMILES string of the molecule is CN(CCc1ccccc1)C(=O)CC(C)(C)N. The van der Waals surface area contributed by atoms with Gasteiger partial charge in [0.05, 0.1) is 0 Å². The van der Waals surface area contributed by atoms with Gasteiger partial charge in [-0.2, -0.15) is 0 Å². The lowest BCUT2D eigenvalue weighted by molar-refractivity contribution is -0.130. The quantitative estimate of drug-likeness (QED) is 0.844. The molecule has 0 heterocycles. The van der Waals surface area contributed by atoms with Gasteiger partial charge < -0.3 is 10.6 Å². The van der Waals surface area contributed by atoms with Crippen LogP contribution in [0.25, 0.3) is 0 Å². The Kier molecular flexibility index (Phi) is 4.70. The molecule has 0 saturated heterocycles. The molecule has 0 unspecified atom stereocenters. The summed E-state index contributed by atoms with van der Waals surface area (Å²) in [5, 5.41) is 0. The number of carbonyl (C=O) groups excluding carboxylic acids is 1. The maximum absolute atomic E-state index is 11.8. The molecule has 1 aromatic rings. The van der Waals surface area contributed by atoms with E-state index in [4.69, 9.17) is 5.73 Å². The van der Waals surface area contributed by atoms with Crippen LogP contribution in [0.2, 0.25) is 0 Å². The molecule has 0 spiro atoms. The van der Waals surface area contributed by atoms with Crippen molar-refractivity contribution in [1.82, 2.24) is 4.90 Å². The third-order valence-electron chi connectivity index (χ3n) is 2.61. The van der Waals surface area contributed by atoms with Gasteiger partial charge in [-0.1, -0.05) is 30.3 Å². The Morgan fingerprint density at radius 1 is 1.29 bits per heavy atom. The molecule has 0 atom stereocenters. The predicted octanol–water partition coefficient (Wildman–Crippen LogP) is 1.81. The highest BCUT2D eigenvalue weighted by Gasteiger charge is 2.18. The van der Waals surface area contributed by atoms with Gasteiger partial charge in [0, 0.05) is 25.6 Å². The number of amides is 1. The maximum Gasteiger partial charge on any atom is 0.224 e. The van der Waals surface area contributed by atoms with Crippen LogP contribution in [0.3, 0.4) is 0 Å². The molecule has 17 heavy (non-hydrogen) atoms. The van der Waals surface area contributed by atoms with Crippen molar-refractivity contribution in [2.75, 3.05) is 13.6 Å². The van der Waals surface area contributed by atoms with Crippen molar-refractivity contribution in [2.45, 2.75) is 32.2 Å². The highest BCUT2D eigenvalue weighted by molar-refractivity contribution is 5.77. The summed E-state index contributed by atoms with van der Waals surface area (Å²) < 4.78 is 0. The van der Waals surface area contributed by atoms with Crippen LogP contribution in [0.1, 0.15) is 25.8 Å². The minimum absolute atomic E-state index is 0.105. The van der Waals surface area contributed by atoms with Crippen molar-refractivity contribution in [3.63, 3.8) is 0 Å². The largest absolute Gasteiger partial charge is 0.345 e. The third-order valence-corrected chi connectivity index (χ3v) is 2.61. The first-order chi connectivity index (χ1) is 7.88. The van der Waals surface area contributed by atoms with Crippen LogP contribution in [-0.2, 0) is 11.2 Å². The monoisotopic (exact) mass is 234 g/mol. The lowest BCUT2D eigenvalue weighted by atomic mass is 10.0. The summed E-state index contributed by atoms with van der Waals surface area (Å²) in [4.78, 5) is 13.6. The maximum atomic E-state index is 11.8. The second-order valence-corrected chi connectivity index (χ2v) is 5.22. The molecule has 0 saturated carbocycles. The van der Waals surface area contributed by atoms with Crippen molar-refractivity contribution < 1.29 is 4.79 Å². The minimum Gasteiger partial charge on any atom is -0.345 e. The van der Waals surface area contributed by atoms with Gasteiger partial charge in [0.15, 0.2) is 0 Å². The fraction of sp³-hybridized carbons (Fsp3) is 0.500. The highest BCUT2D eigenvalue weighted by atomic mass is 16.2. The molecule has 0 bridgehead atoms. The highest BCUT2D eigenvalue weighted by Crippen LogP contribution is 2.07. The zero-order valence-electron chi connectivity index (χ0n) is 10.9. The lowest BCUT2D eigenvalue weighted by Crippen LogP contribution is -2.40. The number of likely N-dealkylation sites (N-methyl/N-ethyl adjacent to an activating group) is 1. The van der Waals surface area contributed by atoms with Crippen molar-refractivity contribution in [1.29, 1.82) is 0 Å². The third kappa shape index (κ3) is 5.50. The van der Waals surface area contributed by atoms with E-state index in [2.05, 4.69) is 12.1 Å². The van der Waals surface area contributed by atoms with E-state index >= 15 is 0 Å². The van der Waals surface area contributed by atoms with E-state index in [1.807, 2.05) is 39.1 Å². The molecule has 3 heteroatoms. The van der Waals surface area contributed by atoms with E-state index in [0.717, 1.165) is 13.0 Å². The number of nitrogens with zero attached hydrogens (tertiary/aromatic N) is 1. The number of nitrogens with two attached hydrogens (primary N) is 1. The summed E-state index contributed by atoms with van der Waals surface area (Å²) in [5.74, 6) is 0.105. The van der Waals surface area contributed by atoms with E-state index in [9.17, 15) is 4.79 Å². The first kappa shape index (κ1) is 13.7. The van der Waals surface area contributed by atoms with Crippen LogP contribution in [0, 0.1) is 0 Å². The van der Waals surface area contributed by atoms with E-state index in [-0.39, 0.29) is 5.91 Å². The van der Waals surface area contributed by atoms with Crippen molar-refractivity contribution in [3.8, 4) is 0 Å². The zero-order valence-corrected chi connectivity index (χ0v) is 10.9. The van der Waals surface area contributed by atoms with Gasteiger partial charge >= 0.3 is 0 Å². The first-order valence-electron chi connectivity index (χ1n) is 5.95. The van der Waals surface area contributed by atoms with Gasteiger partial charge in [0.1, 0.15) is 0 Å². The second-order valence-electron chi connectivity index (χ2n) is 5.22. The molecule has 2 N–H and O–H groups in total. The molecule has 0 fully saturated rings. The van der Waals surface area contributed by atoms with Gasteiger partial charge in [-0.05, 0) is 25.8 Å². The minimum atomic E-state index is -0.432. The lowest BCUT2D eigenvalue weighted by Gasteiger charge is -2.23. The van der Waals surface area contributed by atoms with E-state index in [0.29, 0.717) is 6.42 Å². The average Bonchev–Trinajstić information content (AvgIpc) is 2.25. The van der Waals surface area contributed by atoms with Crippen molar-refractivity contribution >= 4 is 5.91 Å². The standard InChI is InChI=1S/C14H22N2O/c1-14(2,15)11-13(17)16(3)10-9-12-7-5-4-6-8-12/h4-8H,9-11,15H2,1-3H3. The summed E-state index contributed by atoms with van der Waals surface area (Å²) >= 11 is 0. The Morgan fingerprint density at radius 2 is 1.88 bits per heavy atom. The molecule has 0 radical (unpaired) electrons. The van der Waals surface area contributed by atoms with Gasteiger partial charge in [-0.3, -0.25) is 4.79 Å². The van der Waals surface area contributed by atoms with Gasteiger partial charge in [-0.25, -0.2) is 0 Å². The molecule has 3 nitrogen and oxygen atoms in total. The topological polar surface area (TPSA) is 46.3 Å². The number of hydrogen-bond donors (Lipinski definition) is 1. The molecule has 0 aliphatic heterocycles. The average molecular weight is 234 g/mol. The second kappa shape index (κ2) is 5.82. The van der Waals surface area contributed by atoms with Crippen LogP contribution in [0.5, 0.6) is 0 Å². The number of hydrogen-bond acceptors (Lipinski definition) is 2. The van der Waals surface area contributed by atoms with E-state index in [1.165, 1.54) is 5.56 Å². The summed E-state index contributed by atoms with van der Waals surface area (Å²) in [6.45, 7) is 4.48. The number of rotatable bonds is 5. The Bertz CT molecular complexity index is 354. The summed E-state index contributed by atoms with van der Waals surface area (Å²) in [6, 6.07) is 10.2. The molecular weight excluding hydrogens is 212 g/mol. The van der Waals surface area contributed by atoms with E-state index in [1.54, 1.807) is 4.90 Å². The van der Waals surface area contributed by atoms with Crippen LogP contribution < -0.4 is 5.73 Å². The zero-order chi connectivity index (χ0) is 12.9. The van der Waals surface area contributed by atoms with Gasteiger partial charge in [0.25, 0.3) is 0 Å². The predicted molar refractivity (Wildman–Crippen MR) is 70.7 cm³/mol. The molecule has 94 valence electrons. The summed E-state index contributed by atoms with van der Waals surface area (Å²) in [6.07, 6.45) is 1.27. The summed E-state index contributed by atoms with van der Waals surface area (Å²) in [5.41, 5.74) is 6.65. The number of carbonyl (C=O) groups is 1. The molecule has 0 aliphatic rings. The first-order valence-corrected chi connectivity index (χ1v) is 5.95. The normalized spacial score (nSPS) is 11.3. The molecule has 1 rings (SSSR count). The fourth-order valence-electron chi connectivity index (χ4n) is 1.59. The van der Waals surface area contributed by atoms with E-state index < -0.39 is 5.54 Å². The molecule has 1 amide bonds. The Morgan fingerprint density at radius 3 is 2.41 bits per heavy atom. The van der Waals surface area contributed by atoms with Crippen LogP contribution in [0.4, 0.5) is 0 Å². The van der Waals surface area contributed by atoms with Crippen molar-refractivity contribution in [3.05, 3.63) is 35.9 Å². The van der Waals surface area contributed by atoms with Crippen LogP contribution >= 0.6 is 0 Å². The molecular formula is C14H22N2O. The molecule has 0 aromatic heterocycles. The van der Waals surface area contributed by atoms with Gasteiger partial charge in [-0.15, -0.1) is 0 Å². The number of benzene rings is 1. The molecule has 1 aromatic carbocycles. The van der Waals surface area contributed by atoms with Crippen LogP contribution in [0.15, 0.2) is 30.3 Å². The smallest absolute Gasteiger partial charge is 0.224 e. The Balaban J connectivity index is 2.40. The fourth-order valence-corrected chi connectivity index (χ4v) is 1.59. The van der Waals surface area contributed by atoms with Gasteiger partial charge in [0.2, 0.25) is 5.91 Å². The Labute approximate surface area is 104 Å². The van der Waals surface area contributed by atoms with Crippen molar-refractivity contribution in [2.24, 2.45) is 5.73 Å². The molecule has 0 aliphatic carbocycles. The Hall–Kier alpha value is -1.35. The summed E-state index contributed by atoms with van der Waals surface area (Å²) in [7, 11) is 1.83. The van der Waals surface area contributed by atoms with Crippen LogP contribution in [-0.4, -0.2) is 29.9 Å².